The number of aliphatic hydroxyl groups excluding tert-OH is 2. The first-order valence-electron chi connectivity index (χ1n) is 7.53. The summed E-state index contributed by atoms with van der Waals surface area (Å²) in [6.45, 7) is -0.210. The summed E-state index contributed by atoms with van der Waals surface area (Å²) in [5.41, 5.74) is 1.85. The van der Waals surface area contributed by atoms with Crippen molar-refractivity contribution in [2.75, 3.05) is 27.4 Å². The topological polar surface area (TPSA) is 93.1 Å². The number of Topliss-reactive ketones (excluding diaryl/α,β-unsaturated/α-hetero) is 1. The molecule has 0 saturated carbocycles. The molecule has 2 N–H and O–H groups in total. The molecule has 6 nitrogen and oxygen atoms in total. The van der Waals surface area contributed by atoms with Crippen LogP contribution in [0.1, 0.15) is 31.8 Å². The summed E-state index contributed by atoms with van der Waals surface area (Å²) in [6, 6.07) is 1.64. The van der Waals surface area contributed by atoms with Gasteiger partial charge in [0, 0.05) is 23.8 Å². The van der Waals surface area contributed by atoms with Gasteiger partial charge in [-0.1, -0.05) is 12.2 Å². The van der Waals surface area contributed by atoms with E-state index in [4.69, 9.17) is 14.6 Å². The number of hydrogen-bond donors (Lipinski definition) is 2. The summed E-state index contributed by atoms with van der Waals surface area (Å²) in [6.07, 6.45) is 5.22. The van der Waals surface area contributed by atoms with E-state index >= 15 is 0 Å². The average molecular weight is 332 g/mol. The molecule has 1 aromatic rings. The van der Waals surface area contributed by atoms with E-state index in [1.54, 1.807) is 18.2 Å². The summed E-state index contributed by atoms with van der Waals surface area (Å²) in [5, 5.41) is 18.2. The molecule has 1 aromatic carbocycles. The van der Waals surface area contributed by atoms with Gasteiger partial charge < -0.3 is 19.7 Å². The highest BCUT2D eigenvalue weighted by atomic mass is 16.5. The summed E-state index contributed by atoms with van der Waals surface area (Å²) in [5.74, 6) is -0.455. The molecule has 2 rings (SSSR count). The van der Waals surface area contributed by atoms with Gasteiger partial charge >= 0.3 is 0 Å². The fraction of sp³-hybridized carbons (Fsp3) is 0.333. The predicted molar refractivity (Wildman–Crippen MR) is 87.5 cm³/mol. The van der Waals surface area contributed by atoms with E-state index in [2.05, 4.69) is 0 Å². The Morgan fingerprint density at radius 3 is 2.46 bits per heavy atom. The maximum atomic E-state index is 12.5. The van der Waals surface area contributed by atoms with Gasteiger partial charge in [-0.25, -0.2) is 0 Å². The molecule has 0 bridgehead atoms. The number of carbonyl (C=O) groups excluding carboxylic acids is 2. The third kappa shape index (κ3) is 3.25. The van der Waals surface area contributed by atoms with Gasteiger partial charge in [0.05, 0.1) is 26.4 Å². The third-order valence-electron chi connectivity index (χ3n) is 3.85. The second-order valence-electron chi connectivity index (χ2n) is 5.21. The van der Waals surface area contributed by atoms with E-state index < -0.39 is 0 Å². The smallest absolute Gasteiger partial charge is 0.228 e. The van der Waals surface area contributed by atoms with Crippen molar-refractivity contribution in [2.24, 2.45) is 0 Å². The van der Waals surface area contributed by atoms with Crippen molar-refractivity contribution in [3.05, 3.63) is 52.3 Å². The minimum Gasteiger partial charge on any atom is -0.496 e. The van der Waals surface area contributed by atoms with Crippen LogP contribution in [0.4, 0.5) is 0 Å². The minimum atomic E-state index is -0.381. The number of ketones is 2. The van der Waals surface area contributed by atoms with Gasteiger partial charge in [-0.15, -0.1) is 0 Å². The molecule has 0 aliphatic heterocycles. The Balaban J connectivity index is 2.67. The van der Waals surface area contributed by atoms with Gasteiger partial charge in [0.2, 0.25) is 5.78 Å². The molecule has 0 amide bonds. The van der Waals surface area contributed by atoms with Crippen molar-refractivity contribution in [3.8, 4) is 5.75 Å². The molecule has 0 unspecified atom stereocenters. The number of fused-ring (bicyclic) bond motifs is 1. The zero-order valence-electron chi connectivity index (χ0n) is 13.7. The largest absolute Gasteiger partial charge is 0.496 e. The summed E-state index contributed by atoms with van der Waals surface area (Å²) < 4.78 is 10.4. The van der Waals surface area contributed by atoms with Gasteiger partial charge in [-0.3, -0.25) is 9.59 Å². The number of ether oxygens (including phenoxy) is 2. The van der Waals surface area contributed by atoms with Crippen LogP contribution in [0.5, 0.6) is 5.75 Å². The van der Waals surface area contributed by atoms with Crippen LogP contribution in [0, 0.1) is 0 Å². The van der Waals surface area contributed by atoms with Crippen molar-refractivity contribution in [2.45, 2.75) is 12.8 Å². The summed E-state index contributed by atoms with van der Waals surface area (Å²) in [4.78, 5) is 24.9. The molecule has 0 fully saturated rings. The van der Waals surface area contributed by atoms with Crippen LogP contribution in [-0.4, -0.2) is 49.2 Å². The Morgan fingerprint density at radius 2 is 1.88 bits per heavy atom. The van der Waals surface area contributed by atoms with Crippen LogP contribution in [-0.2, 0) is 17.6 Å². The zero-order valence-corrected chi connectivity index (χ0v) is 13.7. The highest BCUT2D eigenvalue weighted by molar-refractivity contribution is 6.25. The Hall–Kier alpha value is -2.44. The lowest BCUT2D eigenvalue weighted by Crippen LogP contribution is -2.21. The van der Waals surface area contributed by atoms with Gasteiger partial charge in [0.1, 0.15) is 5.75 Å². The molecule has 0 atom stereocenters. The lowest BCUT2D eigenvalue weighted by Gasteiger charge is -2.21. The molecule has 1 aliphatic rings. The number of rotatable bonds is 7. The molecule has 6 heteroatoms. The number of aliphatic hydroxyl groups is 2. The van der Waals surface area contributed by atoms with Crippen molar-refractivity contribution >= 4 is 11.6 Å². The van der Waals surface area contributed by atoms with Crippen molar-refractivity contribution in [3.63, 3.8) is 0 Å². The molecule has 0 aromatic heterocycles. The Morgan fingerprint density at radius 1 is 1.12 bits per heavy atom. The molecule has 24 heavy (non-hydrogen) atoms. The van der Waals surface area contributed by atoms with Gasteiger partial charge in [0.25, 0.3) is 0 Å². The first-order valence-corrected chi connectivity index (χ1v) is 7.53. The van der Waals surface area contributed by atoms with Gasteiger partial charge in [0.15, 0.2) is 11.5 Å². The van der Waals surface area contributed by atoms with Crippen LogP contribution < -0.4 is 4.74 Å². The van der Waals surface area contributed by atoms with E-state index in [-0.39, 0.29) is 41.7 Å². The number of methoxy groups -OCH3 is 2. The summed E-state index contributed by atoms with van der Waals surface area (Å²) >= 11 is 0. The number of hydrogen-bond acceptors (Lipinski definition) is 6. The lowest BCUT2D eigenvalue weighted by atomic mass is 9.86. The van der Waals surface area contributed by atoms with E-state index in [0.717, 1.165) is 11.6 Å². The van der Waals surface area contributed by atoms with Gasteiger partial charge in [-0.05, 0) is 24.5 Å². The van der Waals surface area contributed by atoms with Crippen LogP contribution in [0.25, 0.3) is 0 Å². The van der Waals surface area contributed by atoms with E-state index in [9.17, 15) is 14.7 Å². The van der Waals surface area contributed by atoms with Crippen LogP contribution in [0.3, 0.4) is 0 Å². The number of carbonyl (C=O) groups is 2. The van der Waals surface area contributed by atoms with Crippen LogP contribution in [0.2, 0.25) is 0 Å². The van der Waals surface area contributed by atoms with E-state index in [1.807, 2.05) is 0 Å². The second kappa shape index (κ2) is 7.90. The molecule has 128 valence electrons. The highest BCUT2D eigenvalue weighted by Crippen LogP contribution is 2.36. The molecule has 0 spiro atoms. The SMILES string of the molecule is COC1=CC(=O)c2c(cc(C/C=C/CO)c(CCO)c2OC)C1=O. The predicted octanol–water partition coefficient (Wildman–Crippen LogP) is 1.23. The molecular formula is C18H20O6. The van der Waals surface area contributed by atoms with E-state index in [0.29, 0.717) is 24.2 Å². The molecule has 0 heterocycles. The maximum absolute atomic E-state index is 12.5. The average Bonchev–Trinajstić information content (AvgIpc) is 2.58. The fourth-order valence-corrected chi connectivity index (χ4v) is 2.80. The number of allylic oxidation sites excluding steroid dienone is 3. The first kappa shape index (κ1) is 17.9. The monoisotopic (exact) mass is 332 g/mol. The normalized spacial score (nSPS) is 13.9. The number of benzene rings is 1. The van der Waals surface area contributed by atoms with E-state index in [1.165, 1.54) is 14.2 Å². The maximum Gasteiger partial charge on any atom is 0.228 e. The quantitative estimate of drug-likeness (QED) is 0.730. The van der Waals surface area contributed by atoms with Crippen molar-refractivity contribution < 1.29 is 29.3 Å². The van der Waals surface area contributed by atoms with Gasteiger partial charge in [-0.2, -0.15) is 0 Å². The molecule has 1 aliphatic carbocycles. The molecule has 0 saturated heterocycles. The Labute approximate surface area is 140 Å². The minimum absolute atomic E-state index is 0.0127. The first-order chi connectivity index (χ1) is 11.6. The van der Waals surface area contributed by atoms with Crippen LogP contribution in [0.15, 0.2) is 30.1 Å². The Bertz CT molecular complexity index is 715. The molecule has 0 radical (unpaired) electrons. The van der Waals surface area contributed by atoms with Crippen LogP contribution >= 0.6 is 0 Å². The van der Waals surface area contributed by atoms with Crippen molar-refractivity contribution in [1.29, 1.82) is 0 Å². The third-order valence-corrected chi connectivity index (χ3v) is 3.85. The standard InChI is InChI=1S/C18H20O6/c1-23-15-10-14(21)16-13(17(15)22)9-11(5-3-4-7-19)12(6-8-20)18(16)24-2/h3-4,9-10,19-20H,5-8H2,1-2H3/b4-3+. The van der Waals surface area contributed by atoms with Crippen molar-refractivity contribution in [1.82, 2.24) is 0 Å². The Kier molecular flexibility index (Phi) is 5.89. The fourth-order valence-electron chi connectivity index (χ4n) is 2.80. The summed E-state index contributed by atoms with van der Waals surface area (Å²) in [7, 11) is 2.77. The zero-order chi connectivity index (χ0) is 17.7. The molecular weight excluding hydrogens is 312 g/mol. The highest BCUT2D eigenvalue weighted by Gasteiger charge is 2.32. The second-order valence-corrected chi connectivity index (χ2v) is 5.21. The lowest BCUT2D eigenvalue weighted by molar-refractivity contribution is 0.0914.